The van der Waals surface area contributed by atoms with Gasteiger partial charge in [0, 0.05) is 0 Å². The molecule has 64 valence electrons. The molecule has 0 aromatic heterocycles. The summed E-state index contributed by atoms with van der Waals surface area (Å²) in [6.45, 7) is 0.728. The molecule has 0 saturated heterocycles. The van der Waals surface area contributed by atoms with E-state index in [0.29, 0.717) is 0 Å². The Hall–Kier alpha value is -1.10. The smallest absolute Gasteiger partial charge is 0.332 e. The van der Waals surface area contributed by atoms with Crippen LogP contribution in [-0.2, 0) is 14.3 Å². The molecule has 0 aliphatic heterocycles. The number of aliphatic hydroxyl groups excluding tert-OH is 1. The quantitative estimate of drug-likeness (QED) is 0.538. The van der Waals surface area contributed by atoms with Gasteiger partial charge in [0.25, 0.3) is 0 Å². The van der Waals surface area contributed by atoms with Crippen molar-refractivity contribution in [2.24, 2.45) is 0 Å². The van der Waals surface area contributed by atoms with E-state index in [2.05, 4.69) is 4.74 Å². The van der Waals surface area contributed by atoms with Crippen molar-refractivity contribution in [3.8, 4) is 0 Å². The van der Waals surface area contributed by atoms with Crippen LogP contribution in [0.1, 0.15) is 13.3 Å². The highest BCUT2D eigenvalue weighted by atomic mass is 16.6. The van der Waals surface area contributed by atoms with Crippen LogP contribution in [0.5, 0.6) is 0 Å². The predicted octanol–water partition coefficient (Wildman–Crippen LogP) is -0.615. The van der Waals surface area contributed by atoms with E-state index in [4.69, 9.17) is 10.2 Å². The Balaban J connectivity index is 3.60. The van der Waals surface area contributed by atoms with Crippen LogP contribution in [0.3, 0.4) is 0 Å². The van der Waals surface area contributed by atoms with Gasteiger partial charge >= 0.3 is 11.9 Å². The maximum Gasteiger partial charge on any atom is 0.332 e. The number of carboxylic acids is 1. The van der Waals surface area contributed by atoms with Crippen LogP contribution < -0.4 is 0 Å². The second-order valence-electron chi connectivity index (χ2n) is 2.06. The molecule has 0 aliphatic rings. The third-order valence-electron chi connectivity index (χ3n) is 0.924. The van der Waals surface area contributed by atoms with Gasteiger partial charge in [0.05, 0.1) is 6.42 Å². The monoisotopic (exact) mass is 162 g/mol. The molecule has 0 aromatic rings. The van der Waals surface area contributed by atoms with Crippen molar-refractivity contribution in [2.75, 3.05) is 6.61 Å². The maximum atomic E-state index is 10.3. The fourth-order valence-electron chi connectivity index (χ4n) is 0.549. The molecule has 0 rings (SSSR count). The summed E-state index contributed by atoms with van der Waals surface area (Å²) in [5, 5.41) is 16.4. The fraction of sp³-hybridized carbons (Fsp3) is 0.667. The lowest BCUT2D eigenvalue weighted by Gasteiger charge is -2.08. The van der Waals surface area contributed by atoms with Crippen molar-refractivity contribution < 1.29 is 24.5 Å². The van der Waals surface area contributed by atoms with Crippen molar-refractivity contribution >= 4 is 11.9 Å². The molecule has 0 aliphatic carbocycles. The first-order valence-corrected chi connectivity index (χ1v) is 3.08. The van der Waals surface area contributed by atoms with Crippen LogP contribution in [0.15, 0.2) is 0 Å². The van der Waals surface area contributed by atoms with E-state index < -0.39 is 24.6 Å². The molecule has 0 aromatic carbocycles. The molecule has 11 heavy (non-hydrogen) atoms. The molecule has 5 nitrogen and oxygen atoms in total. The average molecular weight is 162 g/mol. The molecular weight excluding hydrogens is 152 g/mol. The molecule has 0 heterocycles. The summed E-state index contributed by atoms with van der Waals surface area (Å²) in [4.78, 5) is 20.4. The lowest BCUT2D eigenvalue weighted by atomic mass is 10.3. The number of hydrogen-bond donors (Lipinski definition) is 2. The standard InChI is InChI=1S/C6H10O5/c1-4(2-5(8)9)11-6(10)3-7/h4,7H,2-3H2,1H3,(H,8,9)/t4-/m1/s1. The molecule has 0 unspecified atom stereocenters. The minimum Gasteiger partial charge on any atom is -0.481 e. The van der Waals surface area contributed by atoms with Gasteiger partial charge < -0.3 is 14.9 Å². The lowest BCUT2D eigenvalue weighted by Crippen LogP contribution is -2.20. The van der Waals surface area contributed by atoms with E-state index in [-0.39, 0.29) is 6.42 Å². The van der Waals surface area contributed by atoms with Gasteiger partial charge in [-0.25, -0.2) is 4.79 Å². The van der Waals surface area contributed by atoms with E-state index in [1.54, 1.807) is 0 Å². The fourth-order valence-corrected chi connectivity index (χ4v) is 0.549. The Labute approximate surface area is 63.6 Å². The third-order valence-corrected chi connectivity index (χ3v) is 0.924. The van der Waals surface area contributed by atoms with Crippen molar-refractivity contribution in [3.05, 3.63) is 0 Å². The second kappa shape index (κ2) is 4.68. The average Bonchev–Trinajstić information content (AvgIpc) is 1.85. The highest BCUT2D eigenvalue weighted by molar-refractivity contribution is 5.72. The molecule has 0 amide bonds. The summed E-state index contributed by atoms with van der Waals surface area (Å²) in [7, 11) is 0. The molecule has 2 N–H and O–H groups in total. The van der Waals surface area contributed by atoms with Gasteiger partial charge in [0.1, 0.15) is 12.7 Å². The third kappa shape index (κ3) is 5.35. The first kappa shape index (κ1) is 9.90. The molecule has 0 radical (unpaired) electrons. The normalized spacial score (nSPS) is 12.2. The molecule has 0 bridgehead atoms. The molecule has 5 heteroatoms. The predicted molar refractivity (Wildman–Crippen MR) is 34.9 cm³/mol. The Morgan fingerprint density at radius 2 is 2.09 bits per heavy atom. The van der Waals surface area contributed by atoms with Gasteiger partial charge in [-0.3, -0.25) is 4.79 Å². The summed E-state index contributed by atoms with van der Waals surface area (Å²) in [5.74, 6) is -1.85. The molecule has 0 fully saturated rings. The summed E-state index contributed by atoms with van der Waals surface area (Å²) in [6.07, 6.45) is -0.932. The van der Waals surface area contributed by atoms with Crippen LogP contribution >= 0.6 is 0 Å². The van der Waals surface area contributed by atoms with Gasteiger partial charge in [0.2, 0.25) is 0 Å². The second-order valence-corrected chi connectivity index (χ2v) is 2.06. The zero-order valence-electron chi connectivity index (χ0n) is 6.11. The van der Waals surface area contributed by atoms with E-state index in [0.717, 1.165) is 0 Å². The van der Waals surface area contributed by atoms with Gasteiger partial charge in [-0.15, -0.1) is 0 Å². The zero-order chi connectivity index (χ0) is 8.85. The summed E-state index contributed by atoms with van der Waals surface area (Å²) >= 11 is 0. The summed E-state index contributed by atoms with van der Waals surface area (Å²) in [5.41, 5.74) is 0. The number of aliphatic carboxylic acids is 1. The van der Waals surface area contributed by atoms with Crippen LogP contribution in [0, 0.1) is 0 Å². The van der Waals surface area contributed by atoms with Crippen molar-refractivity contribution in [1.29, 1.82) is 0 Å². The number of rotatable bonds is 4. The van der Waals surface area contributed by atoms with E-state index in [1.165, 1.54) is 6.92 Å². The van der Waals surface area contributed by atoms with E-state index in [9.17, 15) is 9.59 Å². The van der Waals surface area contributed by atoms with Crippen LogP contribution in [-0.4, -0.2) is 34.9 Å². The molecule has 1 atom stereocenters. The largest absolute Gasteiger partial charge is 0.481 e. The van der Waals surface area contributed by atoms with Crippen LogP contribution in [0.25, 0.3) is 0 Å². The number of carboxylic acid groups (broad SMARTS) is 1. The molecule has 0 spiro atoms. The number of aliphatic hydroxyl groups is 1. The Kier molecular flexibility index (Phi) is 4.21. The van der Waals surface area contributed by atoms with E-state index >= 15 is 0 Å². The van der Waals surface area contributed by atoms with Crippen LogP contribution in [0.4, 0.5) is 0 Å². The SMILES string of the molecule is C[C@H](CC(=O)O)OC(=O)CO. The first-order chi connectivity index (χ1) is 5.06. The van der Waals surface area contributed by atoms with Crippen molar-refractivity contribution in [1.82, 2.24) is 0 Å². The maximum absolute atomic E-state index is 10.3. The van der Waals surface area contributed by atoms with Gasteiger partial charge in [-0.1, -0.05) is 0 Å². The number of ether oxygens (including phenoxy) is 1. The topological polar surface area (TPSA) is 83.8 Å². The first-order valence-electron chi connectivity index (χ1n) is 3.08. The van der Waals surface area contributed by atoms with Gasteiger partial charge in [0.15, 0.2) is 0 Å². The molecule has 0 saturated carbocycles. The number of carbonyl (C=O) groups excluding carboxylic acids is 1. The van der Waals surface area contributed by atoms with Crippen LogP contribution in [0.2, 0.25) is 0 Å². The highest BCUT2D eigenvalue weighted by Gasteiger charge is 2.11. The Morgan fingerprint density at radius 3 is 2.45 bits per heavy atom. The zero-order valence-corrected chi connectivity index (χ0v) is 6.11. The van der Waals surface area contributed by atoms with Gasteiger partial charge in [-0.2, -0.15) is 0 Å². The van der Waals surface area contributed by atoms with Crippen molar-refractivity contribution in [3.63, 3.8) is 0 Å². The minimum atomic E-state index is -1.04. The minimum absolute atomic E-state index is 0.244. The number of carbonyl (C=O) groups is 2. The Bertz CT molecular complexity index is 153. The summed E-state index contributed by atoms with van der Waals surface area (Å²) < 4.78 is 4.44. The Morgan fingerprint density at radius 1 is 1.55 bits per heavy atom. The highest BCUT2D eigenvalue weighted by Crippen LogP contribution is 1.96. The van der Waals surface area contributed by atoms with Gasteiger partial charge in [-0.05, 0) is 6.92 Å². The van der Waals surface area contributed by atoms with E-state index in [1.807, 2.05) is 0 Å². The number of hydrogen-bond acceptors (Lipinski definition) is 4. The number of esters is 1. The molecular formula is C6H10O5. The van der Waals surface area contributed by atoms with Crippen molar-refractivity contribution in [2.45, 2.75) is 19.4 Å². The lowest BCUT2D eigenvalue weighted by molar-refractivity contribution is -0.154. The summed E-state index contributed by atoms with van der Waals surface area (Å²) in [6, 6.07) is 0.